The summed E-state index contributed by atoms with van der Waals surface area (Å²) in [6.45, 7) is 11.4. The van der Waals surface area contributed by atoms with Crippen LogP contribution in [-0.4, -0.2) is 21.8 Å². The third-order valence-corrected chi connectivity index (χ3v) is 3.27. The summed E-state index contributed by atoms with van der Waals surface area (Å²) < 4.78 is 5.49. The van der Waals surface area contributed by atoms with Gasteiger partial charge < -0.3 is 14.9 Å². The second kappa shape index (κ2) is 9.29. The molecule has 0 fully saturated rings. The smallest absolute Gasteiger partial charge is 0.188 e. The molecule has 0 aromatic rings. The van der Waals surface area contributed by atoms with Crippen molar-refractivity contribution in [1.82, 2.24) is 0 Å². The van der Waals surface area contributed by atoms with Crippen LogP contribution in [0.2, 0.25) is 0 Å². The van der Waals surface area contributed by atoms with E-state index in [1.807, 2.05) is 0 Å². The van der Waals surface area contributed by atoms with Crippen LogP contribution < -0.4 is 0 Å². The Morgan fingerprint density at radius 1 is 0.842 bits per heavy atom. The fraction of sp³-hybridized carbons (Fsp3) is 0.750. The highest BCUT2D eigenvalue weighted by atomic mass is 16.7. The van der Waals surface area contributed by atoms with E-state index in [0.29, 0.717) is 12.8 Å². The van der Waals surface area contributed by atoms with Gasteiger partial charge >= 0.3 is 0 Å². The first kappa shape index (κ1) is 18.4. The maximum atomic E-state index is 10.3. The summed E-state index contributed by atoms with van der Waals surface area (Å²) in [5, 5.41) is 20.6. The highest BCUT2D eigenvalue weighted by Crippen LogP contribution is 2.28. The van der Waals surface area contributed by atoms with Crippen LogP contribution in [0.4, 0.5) is 0 Å². The van der Waals surface area contributed by atoms with Gasteiger partial charge in [-0.05, 0) is 25.0 Å². The fourth-order valence-corrected chi connectivity index (χ4v) is 1.95. The molecule has 0 aliphatic carbocycles. The van der Waals surface area contributed by atoms with Crippen LogP contribution in [0.3, 0.4) is 0 Å². The first-order valence-electron chi connectivity index (χ1n) is 7.37. The minimum Gasteiger partial charge on any atom is -0.362 e. The van der Waals surface area contributed by atoms with Crippen LogP contribution in [0.1, 0.15) is 65.2 Å². The summed E-state index contributed by atoms with van der Waals surface area (Å²) in [7, 11) is 0. The fourth-order valence-electron chi connectivity index (χ4n) is 1.95. The average Bonchev–Trinajstić information content (AvgIpc) is 2.39. The number of aliphatic hydroxyl groups is 2. The van der Waals surface area contributed by atoms with Gasteiger partial charge in [-0.2, -0.15) is 0 Å². The van der Waals surface area contributed by atoms with Crippen LogP contribution in [0.15, 0.2) is 25.3 Å². The summed E-state index contributed by atoms with van der Waals surface area (Å²) >= 11 is 0. The van der Waals surface area contributed by atoms with E-state index in [1.54, 1.807) is 0 Å². The van der Waals surface area contributed by atoms with E-state index in [-0.39, 0.29) is 0 Å². The molecule has 0 saturated carbocycles. The van der Waals surface area contributed by atoms with Crippen molar-refractivity contribution in [2.75, 3.05) is 0 Å². The summed E-state index contributed by atoms with van der Waals surface area (Å²) in [6.07, 6.45) is 9.42. The second-order valence-electron chi connectivity index (χ2n) is 5.11. The molecule has 0 aliphatic heterocycles. The second-order valence-corrected chi connectivity index (χ2v) is 5.11. The molecule has 0 rings (SSSR count). The van der Waals surface area contributed by atoms with Crippen LogP contribution in [-0.2, 0) is 4.74 Å². The van der Waals surface area contributed by atoms with E-state index in [9.17, 15) is 10.2 Å². The topological polar surface area (TPSA) is 49.7 Å². The summed E-state index contributed by atoms with van der Waals surface area (Å²) in [6, 6.07) is 0. The van der Waals surface area contributed by atoms with Crippen molar-refractivity contribution in [3.63, 3.8) is 0 Å². The van der Waals surface area contributed by atoms with Crippen LogP contribution in [0.25, 0.3) is 0 Å². The zero-order chi connectivity index (χ0) is 14.8. The SMILES string of the molecule is C=CC(O)(CCCCC)OC(O)(C=C)CCCCC. The van der Waals surface area contributed by atoms with Gasteiger partial charge in [0.05, 0.1) is 0 Å². The number of ether oxygens (including phenoxy) is 1. The molecule has 112 valence electrons. The predicted molar refractivity (Wildman–Crippen MR) is 79.7 cm³/mol. The Balaban J connectivity index is 4.50. The van der Waals surface area contributed by atoms with Crippen LogP contribution in [0, 0.1) is 0 Å². The highest BCUT2D eigenvalue weighted by molar-refractivity contribution is 4.95. The van der Waals surface area contributed by atoms with Gasteiger partial charge in [-0.25, -0.2) is 0 Å². The highest BCUT2D eigenvalue weighted by Gasteiger charge is 2.34. The molecule has 2 atom stereocenters. The molecule has 0 spiro atoms. The standard InChI is InChI=1S/C16H30O3/c1-5-9-11-13-15(17,7-3)19-16(18,8-4)14-12-10-6-2/h7-8,17-18H,3-6,9-14H2,1-2H3. The van der Waals surface area contributed by atoms with E-state index in [2.05, 4.69) is 27.0 Å². The molecule has 0 aromatic heterocycles. The normalized spacial score (nSPS) is 17.5. The summed E-state index contributed by atoms with van der Waals surface area (Å²) in [5.41, 5.74) is 0. The Hall–Kier alpha value is -0.640. The van der Waals surface area contributed by atoms with Gasteiger partial charge in [0.2, 0.25) is 0 Å². The monoisotopic (exact) mass is 270 g/mol. The van der Waals surface area contributed by atoms with Crippen molar-refractivity contribution < 1.29 is 14.9 Å². The number of hydrogen-bond acceptors (Lipinski definition) is 3. The minimum atomic E-state index is -1.48. The van der Waals surface area contributed by atoms with Crippen molar-refractivity contribution in [2.45, 2.75) is 76.8 Å². The molecule has 0 radical (unpaired) electrons. The summed E-state index contributed by atoms with van der Waals surface area (Å²) in [4.78, 5) is 0. The van der Waals surface area contributed by atoms with Gasteiger partial charge in [0.1, 0.15) is 0 Å². The van der Waals surface area contributed by atoms with Crippen molar-refractivity contribution in [3.8, 4) is 0 Å². The lowest BCUT2D eigenvalue weighted by Crippen LogP contribution is -2.42. The molecule has 0 amide bonds. The first-order valence-corrected chi connectivity index (χ1v) is 7.37. The van der Waals surface area contributed by atoms with Gasteiger partial charge in [-0.3, -0.25) is 0 Å². The van der Waals surface area contributed by atoms with E-state index in [4.69, 9.17) is 4.74 Å². The maximum Gasteiger partial charge on any atom is 0.188 e. The molecule has 0 aliphatic rings. The van der Waals surface area contributed by atoms with Crippen LogP contribution >= 0.6 is 0 Å². The van der Waals surface area contributed by atoms with Gasteiger partial charge in [-0.15, -0.1) is 0 Å². The van der Waals surface area contributed by atoms with E-state index in [0.717, 1.165) is 38.5 Å². The molecule has 0 heterocycles. The quantitative estimate of drug-likeness (QED) is 0.321. The molecular weight excluding hydrogens is 240 g/mol. The number of rotatable bonds is 12. The van der Waals surface area contributed by atoms with Gasteiger partial charge in [0, 0.05) is 12.8 Å². The van der Waals surface area contributed by atoms with Gasteiger partial charge in [0.25, 0.3) is 0 Å². The minimum absolute atomic E-state index is 0.439. The Kier molecular flexibility index (Phi) is 8.98. The molecule has 3 nitrogen and oxygen atoms in total. The van der Waals surface area contributed by atoms with E-state index < -0.39 is 11.6 Å². The Labute approximate surface area is 118 Å². The third-order valence-electron chi connectivity index (χ3n) is 3.27. The molecular formula is C16H30O3. The van der Waals surface area contributed by atoms with E-state index in [1.165, 1.54) is 12.2 Å². The first-order chi connectivity index (χ1) is 8.95. The lowest BCUT2D eigenvalue weighted by atomic mass is 10.0. The zero-order valence-corrected chi connectivity index (χ0v) is 12.5. The lowest BCUT2D eigenvalue weighted by Gasteiger charge is -2.34. The molecule has 3 heteroatoms. The van der Waals surface area contributed by atoms with Crippen molar-refractivity contribution in [3.05, 3.63) is 25.3 Å². The number of unbranched alkanes of at least 4 members (excludes halogenated alkanes) is 4. The molecule has 2 unspecified atom stereocenters. The Bertz CT molecular complexity index is 239. The predicted octanol–water partition coefficient (Wildman–Crippen LogP) is 3.91. The van der Waals surface area contributed by atoms with Crippen molar-refractivity contribution in [2.24, 2.45) is 0 Å². The molecule has 19 heavy (non-hydrogen) atoms. The van der Waals surface area contributed by atoms with Crippen LogP contribution in [0.5, 0.6) is 0 Å². The Morgan fingerprint density at radius 2 is 1.21 bits per heavy atom. The summed E-state index contributed by atoms with van der Waals surface area (Å²) in [5.74, 6) is -2.96. The molecule has 2 N–H and O–H groups in total. The molecule has 0 bridgehead atoms. The lowest BCUT2D eigenvalue weighted by molar-refractivity contribution is -0.296. The van der Waals surface area contributed by atoms with Crippen molar-refractivity contribution >= 4 is 0 Å². The van der Waals surface area contributed by atoms with E-state index >= 15 is 0 Å². The average molecular weight is 270 g/mol. The number of hydrogen-bond donors (Lipinski definition) is 2. The molecule has 0 saturated heterocycles. The van der Waals surface area contributed by atoms with Crippen molar-refractivity contribution in [1.29, 1.82) is 0 Å². The molecule has 0 aromatic carbocycles. The Morgan fingerprint density at radius 3 is 1.47 bits per heavy atom. The third kappa shape index (κ3) is 7.51. The maximum absolute atomic E-state index is 10.3. The van der Waals surface area contributed by atoms with Gasteiger partial charge in [-0.1, -0.05) is 52.7 Å². The zero-order valence-electron chi connectivity index (χ0n) is 12.5. The largest absolute Gasteiger partial charge is 0.362 e. The van der Waals surface area contributed by atoms with Gasteiger partial charge in [0.15, 0.2) is 11.6 Å².